The molecule has 0 amide bonds. The van der Waals surface area contributed by atoms with Gasteiger partial charge in [0.2, 0.25) is 0 Å². The zero-order chi connectivity index (χ0) is 10.1. The molecule has 2 aromatic rings. The molecule has 0 aliphatic carbocycles. The minimum Gasteiger partial charge on any atom is -0.278 e. The van der Waals surface area contributed by atoms with Gasteiger partial charge in [-0.2, -0.15) is 0 Å². The van der Waals surface area contributed by atoms with Gasteiger partial charge < -0.3 is 0 Å². The van der Waals surface area contributed by atoms with Gasteiger partial charge in [-0.3, -0.25) is 15.1 Å². The fourth-order valence-corrected chi connectivity index (χ4v) is 1.72. The van der Waals surface area contributed by atoms with Crippen molar-refractivity contribution >= 4 is 5.84 Å². The summed E-state index contributed by atoms with van der Waals surface area (Å²) in [5.41, 5.74) is 5.57. The molecule has 0 fully saturated rings. The van der Waals surface area contributed by atoms with Crippen LogP contribution in [0.3, 0.4) is 0 Å². The highest BCUT2D eigenvalue weighted by atomic mass is 15.4. The maximum absolute atomic E-state index is 4.50. The number of hydrogen-bond donors (Lipinski definition) is 1. The largest absolute Gasteiger partial charge is 0.278 e. The van der Waals surface area contributed by atoms with Crippen molar-refractivity contribution in [2.24, 2.45) is 4.99 Å². The number of rotatable bonds is 1. The molecule has 74 valence electrons. The van der Waals surface area contributed by atoms with Crippen LogP contribution >= 0.6 is 0 Å². The van der Waals surface area contributed by atoms with Crippen molar-refractivity contribution in [1.29, 1.82) is 0 Å². The summed E-state index contributed by atoms with van der Waals surface area (Å²) < 4.78 is 2.01. The van der Waals surface area contributed by atoms with Gasteiger partial charge in [0.25, 0.3) is 0 Å². The molecule has 0 unspecified atom stereocenters. The molecule has 1 aromatic carbocycles. The van der Waals surface area contributed by atoms with E-state index in [1.54, 1.807) is 0 Å². The van der Waals surface area contributed by atoms with Crippen molar-refractivity contribution in [1.82, 2.24) is 4.68 Å². The maximum atomic E-state index is 4.50. The standard InChI is InChI=1S/C12H11N3/c1-2-5-10(6-3-1)12-13-9-11-7-4-8-15(11)14-12/h1-8H,9H2,(H,13,14). The smallest absolute Gasteiger partial charge is 0.147 e. The summed E-state index contributed by atoms with van der Waals surface area (Å²) >= 11 is 0. The van der Waals surface area contributed by atoms with E-state index < -0.39 is 0 Å². The molecule has 1 N–H and O–H groups in total. The van der Waals surface area contributed by atoms with Crippen LogP contribution in [0.5, 0.6) is 0 Å². The predicted octanol–water partition coefficient (Wildman–Crippen LogP) is 1.99. The summed E-state index contributed by atoms with van der Waals surface area (Å²) in [4.78, 5) is 4.50. The SMILES string of the molecule is c1ccc(C2=NCc3cccn3N2)cc1. The van der Waals surface area contributed by atoms with Gasteiger partial charge in [0.15, 0.2) is 0 Å². The van der Waals surface area contributed by atoms with E-state index in [2.05, 4.69) is 28.6 Å². The first-order valence-corrected chi connectivity index (χ1v) is 4.96. The van der Waals surface area contributed by atoms with E-state index in [0.717, 1.165) is 17.9 Å². The Morgan fingerprint density at radius 3 is 2.80 bits per heavy atom. The number of benzene rings is 1. The Morgan fingerprint density at radius 2 is 1.93 bits per heavy atom. The molecule has 1 aliphatic rings. The highest BCUT2D eigenvalue weighted by Crippen LogP contribution is 2.10. The van der Waals surface area contributed by atoms with E-state index in [4.69, 9.17) is 0 Å². The monoisotopic (exact) mass is 197 g/mol. The van der Waals surface area contributed by atoms with Gasteiger partial charge in [0.05, 0.1) is 12.2 Å². The summed E-state index contributed by atoms with van der Waals surface area (Å²) in [6.07, 6.45) is 2.01. The Kier molecular flexibility index (Phi) is 1.81. The van der Waals surface area contributed by atoms with Gasteiger partial charge in [0.1, 0.15) is 5.84 Å². The van der Waals surface area contributed by atoms with Crippen LogP contribution in [-0.2, 0) is 6.54 Å². The van der Waals surface area contributed by atoms with E-state index in [-0.39, 0.29) is 0 Å². The second kappa shape index (κ2) is 3.28. The first-order chi connectivity index (χ1) is 7.43. The average Bonchev–Trinajstić information content (AvgIpc) is 2.77. The fourth-order valence-electron chi connectivity index (χ4n) is 1.72. The van der Waals surface area contributed by atoms with Crippen LogP contribution in [0.2, 0.25) is 0 Å². The minimum atomic E-state index is 0.740. The van der Waals surface area contributed by atoms with Crippen molar-refractivity contribution in [3.63, 3.8) is 0 Å². The maximum Gasteiger partial charge on any atom is 0.147 e. The first kappa shape index (κ1) is 8.29. The molecule has 15 heavy (non-hydrogen) atoms. The summed E-state index contributed by atoms with van der Waals surface area (Å²) in [6, 6.07) is 14.2. The van der Waals surface area contributed by atoms with Crippen LogP contribution in [0.25, 0.3) is 0 Å². The lowest BCUT2D eigenvalue weighted by atomic mass is 10.2. The van der Waals surface area contributed by atoms with Crippen molar-refractivity contribution in [2.75, 3.05) is 5.43 Å². The van der Waals surface area contributed by atoms with Crippen LogP contribution in [0, 0.1) is 0 Å². The molecular formula is C12H11N3. The van der Waals surface area contributed by atoms with Gasteiger partial charge in [-0.1, -0.05) is 30.3 Å². The lowest BCUT2D eigenvalue weighted by molar-refractivity contribution is 0.828. The second-order valence-corrected chi connectivity index (χ2v) is 3.51. The molecule has 0 bridgehead atoms. The highest BCUT2D eigenvalue weighted by molar-refractivity contribution is 6.04. The van der Waals surface area contributed by atoms with Crippen LogP contribution in [-0.4, -0.2) is 10.5 Å². The van der Waals surface area contributed by atoms with E-state index in [1.165, 1.54) is 5.69 Å². The molecule has 0 radical (unpaired) electrons. The van der Waals surface area contributed by atoms with Crippen LogP contribution in [0.4, 0.5) is 0 Å². The van der Waals surface area contributed by atoms with Crippen LogP contribution < -0.4 is 5.43 Å². The molecular weight excluding hydrogens is 186 g/mol. The Balaban J connectivity index is 1.95. The van der Waals surface area contributed by atoms with Gasteiger partial charge in [0, 0.05) is 11.8 Å². The van der Waals surface area contributed by atoms with Crippen molar-refractivity contribution in [3.05, 3.63) is 59.9 Å². The van der Waals surface area contributed by atoms with E-state index in [9.17, 15) is 0 Å². The van der Waals surface area contributed by atoms with E-state index in [0.29, 0.717) is 0 Å². The Hall–Kier alpha value is -2.03. The van der Waals surface area contributed by atoms with Gasteiger partial charge >= 0.3 is 0 Å². The number of nitrogens with zero attached hydrogens (tertiary/aromatic N) is 2. The van der Waals surface area contributed by atoms with Crippen LogP contribution in [0.15, 0.2) is 53.7 Å². The van der Waals surface area contributed by atoms with Crippen molar-refractivity contribution in [3.8, 4) is 0 Å². The molecule has 1 aliphatic heterocycles. The first-order valence-electron chi connectivity index (χ1n) is 4.96. The molecule has 0 atom stereocenters. The number of fused-ring (bicyclic) bond motifs is 1. The highest BCUT2D eigenvalue weighted by Gasteiger charge is 2.10. The van der Waals surface area contributed by atoms with Gasteiger partial charge in [-0.15, -0.1) is 0 Å². The number of hydrogen-bond acceptors (Lipinski definition) is 2. The summed E-state index contributed by atoms with van der Waals surface area (Å²) in [5, 5.41) is 0. The Morgan fingerprint density at radius 1 is 1.07 bits per heavy atom. The fraction of sp³-hybridized carbons (Fsp3) is 0.0833. The average molecular weight is 197 g/mol. The molecule has 0 saturated heterocycles. The topological polar surface area (TPSA) is 29.3 Å². The van der Waals surface area contributed by atoms with Crippen molar-refractivity contribution < 1.29 is 0 Å². The zero-order valence-corrected chi connectivity index (χ0v) is 8.22. The number of amidine groups is 1. The normalized spacial score (nSPS) is 14.0. The lowest BCUT2D eigenvalue weighted by Gasteiger charge is -2.18. The van der Waals surface area contributed by atoms with E-state index in [1.807, 2.05) is 35.1 Å². The van der Waals surface area contributed by atoms with Crippen LogP contribution in [0.1, 0.15) is 11.3 Å². The summed E-state index contributed by atoms with van der Waals surface area (Å²) in [7, 11) is 0. The molecule has 0 saturated carbocycles. The number of aliphatic imine (C=N–C) groups is 1. The molecule has 0 spiro atoms. The summed E-state index contributed by atoms with van der Waals surface area (Å²) in [5.74, 6) is 0.930. The molecule has 3 nitrogen and oxygen atoms in total. The second-order valence-electron chi connectivity index (χ2n) is 3.51. The number of nitrogens with one attached hydrogen (secondary N) is 1. The van der Waals surface area contributed by atoms with E-state index >= 15 is 0 Å². The quantitative estimate of drug-likeness (QED) is 0.744. The predicted molar refractivity (Wildman–Crippen MR) is 60.5 cm³/mol. The van der Waals surface area contributed by atoms with Gasteiger partial charge in [-0.25, -0.2) is 0 Å². The molecule has 3 rings (SSSR count). The lowest BCUT2D eigenvalue weighted by Crippen LogP contribution is -2.28. The third kappa shape index (κ3) is 1.42. The zero-order valence-electron chi connectivity index (χ0n) is 8.22. The molecule has 2 heterocycles. The van der Waals surface area contributed by atoms with Crippen molar-refractivity contribution in [2.45, 2.75) is 6.54 Å². The minimum absolute atomic E-state index is 0.740. The third-order valence-corrected chi connectivity index (χ3v) is 2.51. The molecule has 1 aromatic heterocycles. The number of aromatic nitrogens is 1. The Labute approximate surface area is 88.0 Å². The van der Waals surface area contributed by atoms with Gasteiger partial charge in [-0.05, 0) is 12.1 Å². The summed E-state index contributed by atoms with van der Waals surface area (Å²) in [6.45, 7) is 0.740. The third-order valence-electron chi connectivity index (χ3n) is 2.51. The molecule has 3 heteroatoms. The Bertz CT molecular complexity index is 497.